The normalized spacial score (nSPS) is 19.3. The first-order valence-corrected chi connectivity index (χ1v) is 10.1. The van der Waals surface area contributed by atoms with Gasteiger partial charge in [-0.3, -0.25) is 0 Å². The molecule has 10 nitrogen and oxygen atoms in total. The van der Waals surface area contributed by atoms with Crippen molar-refractivity contribution in [2.75, 3.05) is 4.90 Å². The van der Waals surface area contributed by atoms with Crippen LogP contribution in [0, 0.1) is 0 Å². The van der Waals surface area contributed by atoms with Crippen LogP contribution in [0.15, 0.2) is 18.6 Å². The van der Waals surface area contributed by atoms with Crippen molar-refractivity contribution in [3.05, 3.63) is 18.6 Å². The predicted molar refractivity (Wildman–Crippen MR) is 112 cm³/mol. The maximum absolute atomic E-state index is 12.9. The minimum Gasteiger partial charge on any atom is -0.443 e. The Morgan fingerprint density at radius 3 is 2.23 bits per heavy atom. The molecule has 3 rings (SSSR count). The number of anilines is 1. The number of hydrogen-bond donors (Lipinski definition) is 0. The second-order valence-corrected chi connectivity index (χ2v) is 9.30. The van der Waals surface area contributed by atoms with E-state index < -0.39 is 29.5 Å². The second-order valence-electron chi connectivity index (χ2n) is 9.30. The molecule has 2 unspecified atom stereocenters. The molecule has 1 aliphatic rings. The summed E-state index contributed by atoms with van der Waals surface area (Å²) >= 11 is 0. The Labute approximate surface area is 180 Å². The smallest absolute Gasteiger partial charge is 0.425 e. The molecule has 0 radical (unpaired) electrons. The lowest BCUT2D eigenvalue weighted by Gasteiger charge is -2.28. The van der Waals surface area contributed by atoms with Gasteiger partial charge in [0.25, 0.3) is 0 Å². The van der Waals surface area contributed by atoms with E-state index >= 15 is 0 Å². The van der Waals surface area contributed by atoms with E-state index in [2.05, 4.69) is 9.97 Å². The maximum Gasteiger partial charge on any atom is 0.425 e. The SMILES string of the molecule is CC(C)(C)OC(=O)N(C(=O)OC(C)(C)C)c1ncnc2c1ccn2C1CCC(C=O)O1. The van der Waals surface area contributed by atoms with Crippen molar-refractivity contribution in [1.29, 1.82) is 0 Å². The molecule has 10 heteroatoms. The Morgan fingerprint density at radius 2 is 1.71 bits per heavy atom. The number of carbonyl (C=O) groups is 3. The van der Waals surface area contributed by atoms with Gasteiger partial charge < -0.3 is 23.6 Å². The molecular formula is C21H28N4O6. The van der Waals surface area contributed by atoms with Crippen LogP contribution in [0.25, 0.3) is 11.0 Å². The van der Waals surface area contributed by atoms with E-state index in [1.807, 2.05) is 0 Å². The molecule has 0 aromatic carbocycles. The standard InChI is InChI=1S/C21H28N4O6/c1-20(2,3)30-18(27)25(19(28)31-21(4,5)6)17-14-9-10-24(16(14)22-12-23-17)15-8-7-13(11-26)29-15/h9-13,15H,7-8H2,1-6H3. The number of hydrogen-bond acceptors (Lipinski definition) is 8. The predicted octanol–water partition coefficient (Wildman–Crippen LogP) is 3.98. The molecule has 1 fully saturated rings. The average Bonchev–Trinajstić information content (AvgIpc) is 3.25. The first-order valence-electron chi connectivity index (χ1n) is 10.1. The highest BCUT2D eigenvalue weighted by molar-refractivity contribution is 6.13. The molecule has 2 amide bonds. The van der Waals surface area contributed by atoms with Crippen molar-refractivity contribution in [1.82, 2.24) is 14.5 Å². The molecule has 168 valence electrons. The molecule has 2 aromatic heterocycles. The van der Waals surface area contributed by atoms with E-state index in [4.69, 9.17) is 14.2 Å². The molecule has 0 saturated carbocycles. The Balaban J connectivity index is 2.04. The van der Waals surface area contributed by atoms with Gasteiger partial charge in [0.1, 0.15) is 41.8 Å². The van der Waals surface area contributed by atoms with Gasteiger partial charge in [-0.1, -0.05) is 0 Å². The first kappa shape index (κ1) is 22.7. The fraction of sp³-hybridized carbons (Fsp3) is 0.571. The zero-order valence-corrected chi connectivity index (χ0v) is 18.6. The van der Waals surface area contributed by atoms with Gasteiger partial charge in [0, 0.05) is 6.20 Å². The summed E-state index contributed by atoms with van der Waals surface area (Å²) in [7, 11) is 0. The summed E-state index contributed by atoms with van der Waals surface area (Å²) in [5.74, 6) is 0.0391. The van der Waals surface area contributed by atoms with Crippen molar-refractivity contribution < 1.29 is 28.6 Å². The zero-order chi connectivity index (χ0) is 23.0. The van der Waals surface area contributed by atoms with Crippen LogP contribution in [0.3, 0.4) is 0 Å². The van der Waals surface area contributed by atoms with Gasteiger partial charge in [-0.15, -0.1) is 0 Å². The van der Waals surface area contributed by atoms with Gasteiger partial charge in [-0.05, 0) is 60.5 Å². The van der Waals surface area contributed by atoms with Gasteiger partial charge >= 0.3 is 12.2 Å². The summed E-state index contributed by atoms with van der Waals surface area (Å²) < 4.78 is 18.3. The van der Waals surface area contributed by atoms with Crippen molar-refractivity contribution in [2.45, 2.75) is 77.9 Å². The number of carbonyl (C=O) groups excluding carboxylic acids is 3. The highest BCUT2D eigenvalue weighted by Gasteiger charge is 2.36. The summed E-state index contributed by atoms with van der Waals surface area (Å²) in [5, 5.41) is 0.442. The molecule has 2 aromatic rings. The van der Waals surface area contributed by atoms with E-state index in [1.165, 1.54) is 6.33 Å². The molecule has 2 atom stereocenters. The number of ether oxygens (including phenoxy) is 3. The molecule has 0 aliphatic carbocycles. The summed E-state index contributed by atoms with van der Waals surface area (Å²) in [4.78, 5) is 46.2. The number of aromatic nitrogens is 3. The van der Waals surface area contributed by atoms with Crippen LogP contribution in [-0.4, -0.2) is 50.3 Å². The third-order valence-corrected chi connectivity index (χ3v) is 4.34. The zero-order valence-electron chi connectivity index (χ0n) is 18.6. The number of aldehydes is 1. The summed E-state index contributed by atoms with van der Waals surface area (Å²) in [5.41, 5.74) is -1.22. The Kier molecular flexibility index (Phi) is 6.04. The van der Waals surface area contributed by atoms with Crippen LogP contribution in [0.5, 0.6) is 0 Å². The van der Waals surface area contributed by atoms with Crippen LogP contribution in [0.4, 0.5) is 15.4 Å². The molecule has 1 aliphatic heterocycles. The molecule has 31 heavy (non-hydrogen) atoms. The quantitative estimate of drug-likeness (QED) is 0.669. The number of nitrogens with zero attached hydrogens (tertiary/aromatic N) is 4. The lowest BCUT2D eigenvalue weighted by molar-refractivity contribution is -0.119. The van der Waals surface area contributed by atoms with Gasteiger partial charge in [0.05, 0.1) is 5.39 Å². The lowest BCUT2D eigenvalue weighted by atomic mass is 10.2. The minimum absolute atomic E-state index is 0.0391. The van der Waals surface area contributed by atoms with E-state index in [1.54, 1.807) is 58.4 Å². The van der Waals surface area contributed by atoms with Crippen molar-refractivity contribution in [3.63, 3.8) is 0 Å². The highest BCUT2D eigenvalue weighted by atomic mass is 16.6. The first-order chi connectivity index (χ1) is 14.4. The molecule has 1 saturated heterocycles. The van der Waals surface area contributed by atoms with Crippen molar-refractivity contribution in [2.24, 2.45) is 0 Å². The van der Waals surface area contributed by atoms with E-state index in [0.717, 1.165) is 11.2 Å². The number of amides is 2. The largest absolute Gasteiger partial charge is 0.443 e. The van der Waals surface area contributed by atoms with Gasteiger partial charge in [-0.2, -0.15) is 4.90 Å². The van der Waals surface area contributed by atoms with Crippen LogP contribution in [0.2, 0.25) is 0 Å². The second kappa shape index (κ2) is 8.26. The Morgan fingerprint density at radius 1 is 1.10 bits per heavy atom. The summed E-state index contributed by atoms with van der Waals surface area (Å²) in [6, 6.07) is 1.68. The Hall–Kier alpha value is -3.01. The van der Waals surface area contributed by atoms with Crippen LogP contribution < -0.4 is 4.90 Å². The Bertz CT molecular complexity index is 960. The van der Waals surface area contributed by atoms with Gasteiger partial charge in [0.2, 0.25) is 0 Å². The van der Waals surface area contributed by atoms with Gasteiger partial charge in [-0.25, -0.2) is 19.6 Å². The lowest BCUT2D eigenvalue weighted by Crippen LogP contribution is -2.44. The summed E-state index contributed by atoms with van der Waals surface area (Å²) in [6.45, 7) is 10.2. The third kappa shape index (κ3) is 5.19. The third-order valence-electron chi connectivity index (χ3n) is 4.34. The summed E-state index contributed by atoms with van der Waals surface area (Å²) in [6.07, 6.45) is 2.32. The van der Waals surface area contributed by atoms with Crippen LogP contribution >= 0.6 is 0 Å². The van der Waals surface area contributed by atoms with E-state index in [-0.39, 0.29) is 12.0 Å². The molecule has 0 bridgehead atoms. The number of rotatable bonds is 3. The van der Waals surface area contributed by atoms with Crippen molar-refractivity contribution >= 4 is 35.3 Å². The monoisotopic (exact) mass is 432 g/mol. The fourth-order valence-corrected chi connectivity index (χ4v) is 3.18. The number of imide groups is 1. The molecule has 0 N–H and O–H groups in total. The highest BCUT2D eigenvalue weighted by Crippen LogP contribution is 2.33. The van der Waals surface area contributed by atoms with Gasteiger partial charge in [0.15, 0.2) is 5.82 Å². The van der Waals surface area contributed by atoms with Crippen LogP contribution in [-0.2, 0) is 19.0 Å². The molecule has 0 spiro atoms. The molecule has 3 heterocycles. The van der Waals surface area contributed by atoms with Crippen molar-refractivity contribution in [3.8, 4) is 0 Å². The fourth-order valence-electron chi connectivity index (χ4n) is 3.18. The number of fused-ring (bicyclic) bond motifs is 1. The van der Waals surface area contributed by atoms with Crippen LogP contribution in [0.1, 0.15) is 60.6 Å². The van der Waals surface area contributed by atoms with E-state index in [0.29, 0.717) is 23.9 Å². The maximum atomic E-state index is 12.9. The average molecular weight is 432 g/mol. The molecular weight excluding hydrogens is 404 g/mol. The topological polar surface area (TPSA) is 113 Å². The minimum atomic E-state index is -0.910. The van der Waals surface area contributed by atoms with E-state index in [9.17, 15) is 14.4 Å².